The summed E-state index contributed by atoms with van der Waals surface area (Å²) in [5.41, 5.74) is 2.89. The molecule has 3 aromatic rings. The molecule has 1 aromatic heterocycles. The molecule has 4 heteroatoms. The van der Waals surface area contributed by atoms with Crippen LogP contribution in [0.4, 0.5) is 0 Å². The molecule has 21 heavy (non-hydrogen) atoms. The zero-order chi connectivity index (χ0) is 15.1. The van der Waals surface area contributed by atoms with Crippen molar-refractivity contribution in [2.24, 2.45) is 0 Å². The van der Waals surface area contributed by atoms with E-state index in [1.807, 2.05) is 18.2 Å². The first-order chi connectivity index (χ1) is 10.0. The van der Waals surface area contributed by atoms with Crippen molar-refractivity contribution in [3.05, 3.63) is 58.7 Å². The van der Waals surface area contributed by atoms with Gasteiger partial charge >= 0.3 is 0 Å². The highest BCUT2D eigenvalue weighted by Gasteiger charge is 2.22. The van der Waals surface area contributed by atoms with Crippen molar-refractivity contribution in [3.63, 3.8) is 0 Å². The Morgan fingerprint density at radius 2 is 1.76 bits per heavy atom. The van der Waals surface area contributed by atoms with E-state index in [2.05, 4.69) is 0 Å². The minimum Gasteiger partial charge on any atom is -0.507 e. The predicted molar refractivity (Wildman–Crippen MR) is 81.4 cm³/mol. The number of phenolic OH excluding ortho intramolecular Hbond substituents is 1. The second kappa shape index (κ2) is 4.66. The summed E-state index contributed by atoms with van der Waals surface area (Å²) in [4.78, 5) is 0. The lowest BCUT2D eigenvalue weighted by Gasteiger charge is -2.07. The third kappa shape index (κ3) is 1.96. The fraction of sp³-hybridized carbons (Fsp3) is 0.118. The molecule has 0 aliphatic rings. The average Bonchev–Trinajstić information content (AvgIpc) is 2.81. The molecule has 0 amide bonds. The summed E-state index contributed by atoms with van der Waals surface area (Å²) in [5.74, 6) is -0.141. The lowest BCUT2D eigenvalue weighted by atomic mass is 9.97. The second-order valence-electron chi connectivity index (χ2n) is 5.06. The maximum absolute atomic E-state index is 10.1. The highest BCUT2D eigenvalue weighted by Crippen LogP contribution is 2.39. The minimum absolute atomic E-state index is 0.158. The Balaban J connectivity index is 2.31. The number of benzene rings is 2. The van der Waals surface area contributed by atoms with E-state index in [9.17, 15) is 10.2 Å². The number of fused-ring (bicyclic) bond motifs is 1. The Bertz CT molecular complexity index is 848. The van der Waals surface area contributed by atoms with Gasteiger partial charge in [-0.05, 0) is 25.5 Å². The first-order valence-corrected chi connectivity index (χ1v) is 6.59. The molecule has 2 aromatic carbocycles. The molecule has 0 aliphatic heterocycles. The number of phenols is 1. The number of aromatic hydroxyl groups is 2. The fourth-order valence-electron chi connectivity index (χ4n) is 2.57. The lowest BCUT2D eigenvalue weighted by molar-refractivity contribution is 0.345. The second-order valence-corrected chi connectivity index (χ2v) is 5.06. The molecular formula is C17H15NO3. The molecule has 0 aliphatic carbocycles. The molecule has 3 N–H and O–H groups in total. The van der Waals surface area contributed by atoms with Crippen LogP contribution in [0.15, 0.2) is 40.8 Å². The molecule has 0 unspecified atom stereocenters. The standard InChI is InChI=1S/C17H15NO3/c1-9-8-12-13(10(2)16(9)19)14(17(20)21-12)15(18)11-6-4-3-5-7-11/h3-8,18-20H,1-2H3. The first kappa shape index (κ1) is 13.2. The van der Waals surface area contributed by atoms with Gasteiger partial charge in [0.05, 0.1) is 11.3 Å². The van der Waals surface area contributed by atoms with Crippen LogP contribution < -0.4 is 0 Å². The summed E-state index contributed by atoms with van der Waals surface area (Å²) in [6.07, 6.45) is 0. The van der Waals surface area contributed by atoms with Gasteiger partial charge < -0.3 is 14.6 Å². The number of hydrogen-bond acceptors (Lipinski definition) is 4. The van der Waals surface area contributed by atoms with Crippen LogP contribution in [0, 0.1) is 19.3 Å². The van der Waals surface area contributed by atoms with Crippen molar-refractivity contribution in [1.29, 1.82) is 5.41 Å². The van der Waals surface area contributed by atoms with Crippen LogP contribution in [0.3, 0.4) is 0 Å². The Labute approximate surface area is 121 Å². The summed E-state index contributed by atoms with van der Waals surface area (Å²) >= 11 is 0. The molecule has 0 radical (unpaired) electrons. The van der Waals surface area contributed by atoms with E-state index in [0.29, 0.717) is 33.2 Å². The lowest BCUT2D eigenvalue weighted by Crippen LogP contribution is -2.01. The molecule has 0 saturated carbocycles. The zero-order valence-corrected chi connectivity index (χ0v) is 11.8. The van der Waals surface area contributed by atoms with Gasteiger partial charge in [0.25, 0.3) is 5.95 Å². The Hall–Kier alpha value is -2.75. The quantitative estimate of drug-likeness (QED) is 0.624. The highest BCUT2D eigenvalue weighted by molar-refractivity contribution is 6.19. The molecule has 1 heterocycles. The number of nitrogens with one attached hydrogen (secondary N) is 1. The van der Waals surface area contributed by atoms with Crippen molar-refractivity contribution >= 4 is 16.7 Å². The number of furan rings is 1. The molecule has 106 valence electrons. The van der Waals surface area contributed by atoms with E-state index in [1.165, 1.54) is 0 Å². The molecule has 3 rings (SSSR count). The van der Waals surface area contributed by atoms with E-state index in [-0.39, 0.29) is 17.4 Å². The van der Waals surface area contributed by atoms with Crippen LogP contribution in [0.5, 0.6) is 11.7 Å². The predicted octanol–water partition coefficient (Wildman–Crippen LogP) is 3.88. The van der Waals surface area contributed by atoms with E-state index < -0.39 is 0 Å². The number of aryl methyl sites for hydroxylation is 2. The summed E-state index contributed by atoms with van der Waals surface area (Å²) in [5, 5.41) is 29.1. The first-order valence-electron chi connectivity index (χ1n) is 6.59. The normalized spacial score (nSPS) is 11.0. The van der Waals surface area contributed by atoms with Gasteiger partial charge in [0.2, 0.25) is 0 Å². The molecule has 0 saturated heterocycles. The fourth-order valence-corrected chi connectivity index (χ4v) is 2.57. The Kier molecular flexibility index (Phi) is 2.94. The van der Waals surface area contributed by atoms with Crippen LogP contribution in [0.25, 0.3) is 11.0 Å². The van der Waals surface area contributed by atoms with Crippen LogP contribution in [-0.4, -0.2) is 15.9 Å². The van der Waals surface area contributed by atoms with Crippen molar-refractivity contribution in [3.8, 4) is 11.7 Å². The molecule has 4 nitrogen and oxygen atoms in total. The summed E-state index contributed by atoms with van der Waals surface area (Å²) < 4.78 is 5.36. The Morgan fingerprint density at radius 3 is 2.43 bits per heavy atom. The van der Waals surface area contributed by atoms with Crippen LogP contribution in [0.1, 0.15) is 22.3 Å². The van der Waals surface area contributed by atoms with Crippen LogP contribution in [-0.2, 0) is 0 Å². The van der Waals surface area contributed by atoms with Crippen molar-refractivity contribution in [2.45, 2.75) is 13.8 Å². The van der Waals surface area contributed by atoms with Gasteiger partial charge in [0.1, 0.15) is 11.3 Å². The third-order valence-electron chi connectivity index (χ3n) is 3.68. The molecule has 0 spiro atoms. The van der Waals surface area contributed by atoms with E-state index in [4.69, 9.17) is 9.83 Å². The van der Waals surface area contributed by atoms with Gasteiger partial charge in [0, 0.05) is 16.5 Å². The summed E-state index contributed by atoms with van der Waals surface area (Å²) in [6, 6.07) is 10.8. The van der Waals surface area contributed by atoms with Crippen LogP contribution in [0.2, 0.25) is 0 Å². The van der Waals surface area contributed by atoms with Gasteiger partial charge in [-0.2, -0.15) is 0 Å². The largest absolute Gasteiger partial charge is 0.507 e. The van der Waals surface area contributed by atoms with E-state index in [1.54, 1.807) is 32.0 Å². The van der Waals surface area contributed by atoms with E-state index in [0.717, 1.165) is 0 Å². The number of rotatable bonds is 2. The van der Waals surface area contributed by atoms with Gasteiger partial charge in [-0.3, -0.25) is 5.41 Å². The zero-order valence-electron chi connectivity index (χ0n) is 11.8. The summed E-state index contributed by atoms with van der Waals surface area (Å²) in [7, 11) is 0. The van der Waals surface area contributed by atoms with Crippen LogP contribution >= 0.6 is 0 Å². The van der Waals surface area contributed by atoms with Crippen molar-refractivity contribution in [1.82, 2.24) is 0 Å². The summed E-state index contributed by atoms with van der Waals surface area (Å²) in [6.45, 7) is 3.52. The average molecular weight is 281 g/mol. The SMILES string of the molecule is Cc1cc2oc(O)c(C(=N)c3ccccc3)c2c(C)c1O. The maximum Gasteiger partial charge on any atom is 0.292 e. The highest BCUT2D eigenvalue weighted by atomic mass is 16.5. The van der Waals surface area contributed by atoms with Crippen molar-refractivity contribution in [2.75, 3.05) is 0 Å². The minimum atomic E-state index is -0.299. The third-order valence-corrected chi connectivity index (χ3v) is 3.68. The smallest absolute Gasteiger partial charge is 0.292 e. The van der Waals surface area contributed by atoms with Gasteiger partial charge in [-0.25, -0.2) is 0 Å². The topological polar surface area (TPSA) is 77.5 Å². The molecule has 0 atom stereocenters. The maximum atomic E-state index is 10.1. The number of hydrogen-bond donors (Lipinski definition) is 3. The van der Waals surface area contributed by atoms with Gasteiger partial charge in [0.15, 0.2) is 0 Å². The van der Waals surface area contributed by atoms with Gasteiger partial charge in [-0.1, -0.05) is 30.3 Å². The van der Waals surface area contributed by atoms with Gasteiger partial charge in [-0.15, -0.1) is 0 Å². The van der Waals surface area contributed by atoms with Crippen molar-refractivity contribution < 1.29 is 14.6 Å². The Morgan fingerprint density at radius 1 is 1.10 bits per heavy atom. The van der Waals surface area contributed by atoms with E-state index >= 15 is 0 Å². The molecular weight excluding hydrogens is 266 g/mol. The monoisotopic (exact) mass is 281 g/mol. The molecule has 0 bridgehead atoms. The molecule has 0 fully saturated rings.